The number of ether oxygens (including phenoxy) is 1. The number of aromatic nitrogens is 3. The van der Waals surface area contributed by atoms with E-state index >= 15 is 0 Å². The summed E-state index contributed by atoms with van der Waals surface area (Å²) in [7, 11) is 1.44. The Morgan fingerprint density at radius 2 is 2.25 bits per heavy atom. The first-order valence-electron chi connectivity index (χ1n) is 8.33. The van der Waals surface area contributed by atoms with Gasteiger partial charge in [0.15, 0.2) is 5.82 Å². The lowest BCUT2D eigenvalue weighted by atomic mass is 9.98. The Labute approximate surface area is 141 Å². The molecule has 3 heterocycles. The summed E-state index contributed by atoms with van der Waals surface area (Å²) < 4.78 is 4.90. The third-order valence-electron chi connectivity index (χ3n) is 4.30. The highest BCUT2D eigenvalue weighted by Gasteiger charge is 2.27. The number of pyridine rings is 1. The van der Waals surface area contributed by atoms with Gasteiger partial charge in [-0.15, -0.1) is 0 Å². The molecule has 1 unspecified atom stereocenters. The lowest BCUT2D eigenvalue weighted by Crippen LogP contribution is -2.39. The molecule has 2 aromatic rings. The molecule has 1 fully saturated rings. The van der Waals surface area contributed by atoms with Crippen molar-refractivity contribution in [2.45, 2.75) is 26.2 Å². The number of esters is 1. The standard InChI is InChI=1S/C18H22N4O2/c1-3-14-11-16(21-17(20-14)15-8-4-5-9-19-15)22-10-6-7-13(12-22)18(23)24-2/h4-5,8-9,11,13H,3,6-7,10,12H2,1-2H3. The zero-order valence-electron chi connectivity index (χ0n) is 14.1. The van der Waals surface area contributed by atoms with Gasteiger partial charge >= 0.3 is 5.97 Å². The lowest BCUT2D eigenvalue weighted by molar-refractivity contribution is -0.145. The Morgan fingerprint density at radius 1 is 1.38 bits per heavy atom. The zero-order chi connectivity index (χ0) is 16.9. The lowest BCUT2D eigenvalue weighted by Gasteiger charge is -2.32. The molecule has 126 valence electrons. The van der Waals surface area contributed by atoms with Gasteiger partial charge in [-0.3, -0.25) is 9.78 Å². The maximum absolute atomic E-state index is 11.9. The molecule has 1 atom stereocenters. The van der Waals surface area contributed by atoms with Gasteiger partial charge in [-0.2, -0.15) is 0 Å². The first-order valence-corrected chi connectivity index (χ1v) is 8.33. The number of aryl methyl sites for hydroxylation is 1. The number of carbonyl (C=O) groups excluding carboxylic acids is 1. The van der Waals surface area contributed by atoms with Gasteiger partial charge in [0.25, 0.3) is 0 Å². The largest absolute Gasteiger partial charge is 0.469 e. The van der Waals surface area contributed by atoms with Crippen LogP contribution < -0.4 is 4.90 Å². The Morgan fingerprint density at radius 3 is 2.96 bits per heavy atom. The van der Waals surface area contributed by atoms with Crippen LogP contribution in [0.5, 0.6) is 0 Å². The highest BCUT2D eigenvalue weighted by molar-refractivity contribution is 5.73. The third-order valence-corrected chi connectivity index (χ3v) is 4.30. The first-order chi connectivity index (χ1) is 11.7. The van der Waals surface area contributed by atoms with Gasteiger partial charge in [-0.05, 0) is 31.4 Å². The molecule has 0 amide bonds. The molecular weight excluding hydrogens is 304 g/mol. The molecule has 1 saturated heterocycles. The fourth-order valence-corrected chi connectivity index (χ4v) is 2.98. The number of carbonyl (C=O) groups is 1. The van der Waals surface area contributed by atoms with E-state index in [0.717, 1.165) is 43.0 Å². The number of hydrogen-bond acceptors (Lipinski definition) is 6. The number of nitrogens with zero attached hydrogens (tertiary/aromatic N) is 4. The van der Waals surface area contributed by atoms with Crippen molar-refractivity contribution in [1.29, 1.82) is 0 Å². The van der Waals surface area contributed by atoms with Gasteiger partial charge in [-0.1, -0.05) is 13.0 Å². The van der Waals surface area contributed by atoms with Crippen LogP contribution in [0.3, 0.4) is 0 Å². The van der Waals surface area contributed by atoms with Gasteiger partial charge in [-0.25, -0.2) is 9.97 Å². The van der Waals surface area contributed by atoms with Crippen LogP contribution in [0.25, 0.3) is 11.5 Å². The fourth-order valence-electron chi connectivity index (χ4n) is 2.98. The van der Waals surface area contributed by atoms with Crippen molar-refractivity contribution in [3.63, 3.8) is 0 Å². The minimum Gasteiger partial charge on any atom is -0.469 e. The molecule has 2 aromatic heterocycles. The Kier molecular flexibility index (Phi) is 5.03. The van der Waals surface area contributed by atoms with Crippen LogP contribution in [0.15, 0.2) is 30.5 Å². The van der Waals surface area contributed by atoms with Gasteiger partial charge in [0.1, 0.15) is 11.5 Å². The summed E-state index contributed by atoms with van der Waals surface area (Å²) in [6.07, 6.45) is 4.38. The molecule has 6 heteroatoms. The van der Waals surface area contributed by atoms with Crippen LogP contribution in [-0.2, 0) is 16.0 Å². The second-order valence-corrected chi connectivity index (χ2v) is 5.92. The summed E-state index contributed by atoms with van der Waals surface area (Å²) in [5.41, 5.74) is 1.73. The highest BCUT2D eigenvalue weighted by Crippen LogP contribution is 2.25. The normalized spacial score (nSPS) is 17.6. The maximum Gasteiger partial charge on any atom is 0.310 e. The van der Waals surface area contributed by atoms with Crippen LogP contribution in [0.2, 0.25) is 0 Å². The van der Waals surface area contributed by atoms with Gasteiger partial charge in [0.2, 0.25) is 0 Å². The van der Waals surface area contributed by atoms with Crippen LogP contribution >= 0.6 is 0 Å². The molecule has 1 aliphatic rings. The number of methoxy groups -OCH3 is 1. The minimum absolute atomic E-state index is 0.0953. The van der Waals surface area contributed by atoms with Crippen molar-refractivity contribution in [3.8, 4) is 11.5 Å². The van der Waals surface area contributed by atoms with Crippen molar-refractivity contribution >= 4 is 11.8 Å². The van der Waals surface area contributed by atoms with Crippen molar-refractivity contribution in [2.75, 3.05) is 25.1 Å². The summed E-state index contributed by atoms with van der Waals surface area (Å²) >= 11 is 0. The fraction of sp³-hybridized carbons (Fsp3) is 0.444. The number of rotatable bonds is 4. The monoisotopic (exact) mass is 326 g/mol. The Balaban J connectivity index is 1.91. The summed E-state index contributed by atoms with van der Waals surface area (Å²) in [5.74, 6) is 1.25. The second-order valence-electron chi connectivity index (χ2n) is 5.92. The molecule has 1 aliphatic heterocycles. The highest BCUT2D eigenvalue weighted by atomic mass is 16.5. The van der Waals surface area contributed by atoms with Crippen molar-refractivity contribution in [3.05, 3.63) is 36.2 Å². The van der Waals surface area contributed by atoms with Gasteiger partial charge < -0.3 is 9.64 Å². The van der Waals surface area contributed by atoms with Crippen LogP contribution in [-0.4, -0.2) is 41.1 Å². The van der Waals surface area contributed by atoms with Gasteiger partial charge in [0, 0.05) is 31.0 Å². The van der Waals surface area contributed by atoms with E-state index in [4.69, 9.17) is 9.72 Å². The van der Waals surface area contributed by atoms with E-state index in [1.54, 1.807) is 6.20 Å². The van der Waals surface area contributed by atoms with Crippen LogP contribution in [0, 0.1) is 5.92 Å². The molecule has 0 N–H and O–H groups in total. The molecule has 0 bridgehead atoms. The van der Waals surface area contributed by atoms with E-state index in [0.29, 0.717) is 12.4 Å². The molecule has 0 saturated carbocycles. The summed E-state index contributed by atoms with van der Waals surface area (Å²) in [6, 6.07) is 7.72. The Hall–Kier alpha value is -2.50. The molecule has 0 radical (unpaired) electrons. The number of piperidine rings is 1. The molecular formula is C18H22N4O2. The summed E-state index contributed by atoms with van der Waals surface area (Å²) in [6.45, 7) is 3.59. The Bertz CT molecular complexity index is 705. The zero-order valence-corrected chi connectivity index (χ0v) is 14.1. The van der Waals surface area contributed by atoms with Gasteiger partial charge in [0.05, 0.1) is 13.0 Å². The van der Waals surface area contributed by atoms with E-state index in [-0.39, 0.29) is 11.9 Å². The second kappa shape index (κ2) is 7.38. The van der Waals surface area contributed by atoms with Crippen molar-refractivity contribution in [1.82, 2.24) is 15.0 Å². The smallest absolute Gasteiger partial charge is 0.310 e. The number of anilines is 1. The minimum atomic E-state index is -0.144. The quantitative estimate of drug-likeness (QED) is 0.804. The topological polar surface area (TPSA) is 68.2 Å². The first kappa shape index (κ1) is 16.4. The van der Waals surface area contributed by atoms with Crippen molar-refractivity contribution < 1.29 is 9.53 Å². The molecule has 0 aromatic carbocycles. The van der Waals surface area contributed by atoms with Crippen molar-refractivity contribution in [2.24, 2.45) is 5.92 Å². The molecule has 24 heavy (non-hydrogen) atoms. The van der Waals surface area contributed by atoms with E-state index in [1.165, 1.54) is 7.11 Å². The molecule has 3 rings (SSSR count). The summed E-state index contributed by atoms with van der Waals surface area (Å²) in [4.78, 5) is 27.7. The third kappa shape index (κ3) is 3.53. The summed E-state index contributed by atoms with van der Waals surface area (Å²) in [5, 5.41) is 0. The molecule has 6 nitrogen and oxygen atoms in total. The average Bonchev–Trinajstić information content (AvgIpc) is 2.67. The predicted octanol–water partition coefficient (Wildman–Crippen LogP) is 2.49. The van der Waals surface area contributed by atoms with E-state index in [9.17, 15) is 4.79 Å². The van der Waals surface area contributed by atoms with Crippen LogP contribution in [0.1, 0.15) is 25.5 Å². The van der Waals surface area contributed by atoms with E-state index in [1.807, 2.05) is 24.3 Å². The predicted molar refractivity (Wildman–Crippen MR) is 91.6 cm³/mol. The maximum atomic E-state index is 11.9. The molecule has 0 aliphatic carbocycles. The van der Waals surface area contributed by atoms with Crippen LogP contribution in [0.4, 0.5) is 5.82 Å². The van der Waals surface area contributed by atoms with E-state index < -0.39 is 0 Å². The average molecular weight is 326 g/mol. The number of hydrogen-bond donors (Lipinski definition) is 0. The SMILES string of the molecule is CCc1cc(N2CCCC(C(=O)OC)C2)nc(-c2ccccn2)n1. The molecule has 0 spiro atoms. The van der Waals surface area contributed by atoms with E-state index in [2.05, 4.69) is 21.8 Å².